The molecule has 4 aliphatic carbocycles. The fourth-order valence-corrected chi connectivity index (χ4v) is 6.86. The van der Waals surface area contributed by atoms with Crippen molar-refractivity contribution in [3.8, 4) is 0 Å². The quantitative estimate of drug-likeness (QED) is 0.653. The fourth-order valence-electron chi connectivity index (χ4n) is 6.86. The Bertz CT molecular complexity index is 1140. The van der Waals surface area contributed by atoms with Crippen molar-refractivity contribution in [1.29, 1.82) is 0 Å². The molecule has 2 unspecified atom stereocenters. The number of aromatic nitrogens is 4. The largest absolute Gasteiger partial charge is 0.351 e. The molecule has 7 nitrogen and oxygen atoms in total. The highest BCUT2D eigenvalue weighted by atomic mass is 16.2. The van der Waals surface area contributed by atoms with Gasteiger partial charge < -0.3 is 15.3 Å². The van der Waals surface area contributed by atoms with E-state index in [1.54, 1.807) is 6.20 Å². The van der Waals surface area contributed by atoms with Crippen LogP contribution in [0.3, 0.4) is 0 Å². The molecule has 3 aromatic heterocycles. The van der Waals surface area contributed by atoms with E-state index in [2.05, 4.69) is 20.3 Å². The minimum absolute atomic E-state index is 0.0328. The van der Waals surface area contributed by atoms with Crippen molar-refractivity contribution in [2.45, 2.75) is 57.0 Å². The minimum atomic E-state index is -0.0548. The van der Waals surface area contributed by atoms with Crippen LogP contribution in [0.5, 0.6) is 0 Å². The SMILES string of the molecule is CCC(=O)NC12CC3CC(C1)C(n1c(=O)[nH]c4cnc5[nH]ccc5c41)C(C3)C2. The zero-order valence-corrected chi connectivity index (χ0v) is 16.0. The molecule has 0 aliphatic heterocycles. The van der Waals surface area contributed by atoms with Gasteiger partial charge in [0.15, 0.2) is 0 Å². The maximum Gasteiger partial charge on any atom is 0.326 e. The lowest BCUT2D eigenvalue weighted by Gasteiger charge is -2.60. The molecule has 7 rings (SSSR count). The van der Waals surface area contributed by atoms with E-state index >= 15 is 0 Å². The van der Waals surface area contributed by atoms with E-state index in [0.29, 0.717) is 24.2 Å². The van der Waals surface area contributed by atoms with E-state index in [4.69, 9.17) is 0 Å². The van der Waals surface area contributed by atoms with Crippen LogP contribution in [-0.4, -0.2) is 31.0 Å². The predicted octanol–water partition coefficient (Wildman–Crippen LogP) is 2.85. The van der Waals surface area contributed by atoms with Gasteiger partial charge >= 0.3 is 5.69 Å². The number of imidazole rings is 1. The normalized spacial score (nSPS) is 33.8. The van der Waals surface area contributed by atoms with E-state index in [0.717, 1.165) is 54.2 Å². The Kier molecular flexibility index (Phi) is 3.21. The standard InChI is InChI=1S/C21H25N5O2/c1-2-16(27)25-21-7-11-5-12(8-21)17(13(6-11)9-21)26-18-14-3-4-22-19(14)23-10-15(18)24-20(26)28/h3-4,10-13,17H,2,5-9H2,1H3,(H,22,23)(H,24,28)(H,25,27). The Morgan fingerprint density at radius 2 is 2.11 bits per heavy atom. The van der Waals surface area contributed by atoms with Crippen LogP contribution in [0.1, 0.15) is 51.5 Å². The number of carbonyl (C=O) groups is 1. The highest BCUT2D eigenvalue weighted by Crippen LogP contribution is 2.60. The lowest BCUT2D eigenvalue weighted by atomic mass is 9.51. The van der Waals surface area contributed by atoms with Crippen molar-refractivity contribution in [3.05, 3.63) is 28.9 Å². The van der Waals surface area contributed by atoms with Gasteiger partial charge in [-0.15, -0.1) is 0 Å². The average Bonchev–Trinajstić information content (AvgIpc) is 3.24. The molecule has 1 amide bonds. The summed E-state index contributed by atoms with van der Waals surface area (Å²) < 4.78 is 2.02. The number of aromatic amines is 2. The Hall–Kier alpha value is -2.57. The summed E-state index contributed by atoms with van der Waals surface area (Å²) >= 11 is 0. The second-order valence-electron chi connectivity index (χ2n) is 9.20. The van der Waals surface area contributed by atoms with E-state index in [-0.39, 0.29) is 23.2 Å². The lowest BCUT2D eigenvalue weighted by Crippen LogP contribution is -2.62. The van der Waals surface area contributed by atoms with Crippen LogP contribution < -0.4 is 11.0 Å². The highest BCUT2D eigenvalue weighted by Gasteiger charge is 2.56. The third-order valence-corrected chi connectivity index (χ3v) is 7.51. The van der Waals surface area contributed by atoms with Gasteiger partial charge in [0, 0.05) is 29.6 Å². The molecule has 3 aromatic rings. The molecule has 0 spiro atoms. The summed E-state index contributed by atoms with van der Waals surface area (Å²) in [4.78, 5) is 35.8. The number of hydrogen-bond donors (Lipinski definition) is 3. The van der Waals surface area contributed by atoms with E-state index in [1.807, 2.05) is 23.8 Å². The van der Waals surface area contributed by atoms with Crippen molar-refractivity contribution < 1.29 is 4.79 Å². The molecule has 2 atom stereocenters. The number of H-pyrrole nitrogens is 2. The molecular formula is C21H25N5O2. The molecule has 3 heterocycles. The fraction of sp³-hybridized carbons (Fsp3) is 0.571. The summed E-state index contributed by atoms with van der Waals surface area (Å²) in [6.07, 6.45) is 9.56. The summed E-state index contributed by atoms with van der Waals surface area (Å²) in [7, 11) is 0. The van der Waals surface area contributed by atoms with Gasteiger partial charge in [0.05, 0.1) is 17.2 Å². The zero-order valence-electron chi connectivity index (χ0n) is 16.0. The molecule has 0 saturated heterocycles. The van der Waals surface area contributed by atoms with Gasteiger partial charge in [-0.2, -0.15) is 0 Å². The molecule has 3 N–H and O–H groups in total. The van der Waals surface area contributed by atoms with Crippen LogP contribution in [0.2, 0.25) is 0 Å². The second-order valence-corrected chi connectivity index (χ2v) is 9.20. The van der Waals surface area contributed by atoms with Gasteiger partial charge in [-0.3, -0.25) is 9.36 Å². The molecule has 146 valence electrons. The number of hydrogen-bond acceptors (Lipinski definition) is 3. The van der Waals surface area contributed by atoms with Crippen LogP contribution in [0.25, 0.3) is 22.1 Å². The molecule has 7 heteroatoms. The van der Waals surface area contributed by atoms with Crippen molar-refractivity contribution in [3.63, 3.8) is 0 Å². The third-order valence-electron chi connectivity index (χ3n) is 7.51. The van der Waals surface area contributed by atoms with Crippen molar-refractivity contribution >= 4 is 28.0 Å². The Balaban J connectivity index is 1.47. The Morgan fingerprint density at radius 1 is 1.32 bits per heavy atom. The van der Waals surface area contributed by atoms with Crippen LogP contribution in [0.4, 0.5) is 0 Å². The summed E-state index contributed by atoms with van der Waals surface area (Å²) in [6, 6.07) is 2.21. The average molecular weight is 379 g/mol. The molecule has 4 aliphatic rings. The number of nitrogens with zero attached hydrogens (tertiary/aromatic N) is 2. The van der Waals surface area contributed by atoms with Crippen LogP contribution in [-0.2, 0) is 4.79 Å². The van der Waals surface area contributed by atoms with E-state index < -0.39 is 0 Å². The maximum atomic E-state index is 13.0. The molecule has 4 saturated carbocycles. The lowest BCUT2D eigenvalue weighted by molar-refractivity contribution is -0.128. The first-order valence-electron chi connectivity index (χ1n) is 10.4. The molecular weight excluding hydrogens is 354 g/mol. The van der Waals surface area contributed by atoms with E-state index in [1.165, 1.54) is 0 Å². The first kappa shape index (κ1) is 16.4. The summed E-state index contributed by atoms with van der Waals surface area (Å²) in [5, 5.41) is 4.37. The Labute approximate surface area is 161 Å². The topological polar surface area (TPSA) is 95.6 Å². The number of pyridine rings is 1. The molecule has 0 radical (unpaired) electrons. The second kappa shape index (κ2) is 5.49. The van der Waals surface area contributed by atoms with Gasteiger partial charge in [-0.1, -0.05) is 6.92 Å². The van der Waals surface area contributed by atoms with Gasteiger partial charge in [0.1, 0.15) is 5.65 Å². The van der Waals surface area contributed by atoms with E-state index in [9.17, 15) is 9.59 Å². The highest BCUT2D eigenvalue weighted by molar-refractivity contribution is 6.01. The zero-order chi connectivity index (χ0) is 19.0. The first-order chi connectivity index (χ1) is 13.6. The number of carbonyl (C=O) groups excluding carboxylic acids is 1. The van der Waals surface area contributed by atoms with Crippen molar-refractivity contribution in [1.82, 2.24) is 24.8 Å². The smallest absolute Gasteiger partial charge is 0.326 e. The summed E-state index contributed by atoms with van der Waals surface area (Å²) in [6.45, 7) is 1.92. The maximum absolute atomic E-state index is 13.0. The van der Waals surface area contributed by atoms with Gasteiger partial charge in [0.2, 0.25) is 5.91 Å². The molecule has 4 bridgehead atoms. The minimum Gasteiger partial charge on any atom is -0.351 e. The van der Waals surface area contributed by atoms with Crippen molar-refractivity contribution in [2.75, 3.05) is 0 Å². The molecule has 28 heavy (non-hydrogen) atoms. The number of rotatable bonds is 3. The van der Waals surface area contributed by atoms with Crippen LogP contribution in [0, 0.1) is 17.8 Å². The van der Waals surface area contributed by atoms with Gasteiger partial charge in [-0.05, 0) is 55.9 Å². The number of amides is 1. The first-order valence-corrected chi connectivity index (χ1v) is 10.4. The molecule has 0 aromatic carbocycles. The number of fused-ring (bicyclic) bond motifs is 3. The van der Waals surface area contributed by atoms with Gasteiger partial charge in [0.25, 0.3) is 0 Å². The third kappa shape index (κ3) is 2.13. The van der Waals surface area contributed by atoms with Gasteiger partial charge in [-0.25, -0.2) is 9.78 Å². The monoisotopic (exact) mass is 379 g/mol. The summed E-state index contributed by atoms with van der Waals surface area (Å²) in [5.41, 5.74) is 2.51. The summed E-state index contributed by atoms with van der Waals surface area (Å²) in [5.74, 6) is 1.69. The predicted molar refractivity (Wildman–Crippen MR) is 106 cm³/mol. The van der Waals surface area contributed by atoms with Crippen LogP contribution in [0.15, 0.2) is 23.3 Å². The number of nitrogens with one attached hydrogen (secondary N) is 3. The Morgan fingerprint density at radius 3 is 2.86 bits per heavy atom. The van der Waals surface area contributed by atoms with Crippen LogP contribution >= 0.6 is 0 Å². The van der Waals surface area contributed by atoms with Crippen molar-refractivity contribution in [2.24, 2.45) is 17.8 Å². The molecule has 4 fully saturated rings.